The van der Waals surface area contributed by atoms with Crippen molar-refractivity contribution in [2.45, 2.75) is 12.5 Å². The van der Waals surface area contributed by atoms with Crippen LogP contribution in [0.2, 0.25) is 0 Å². The zero-order chi connectivity index (χ0) is 12.5. The number of hydrogen-bond acceptors (Lipinski definition) is 5. The van der Waals surface area contributed by atoms with Gasteiger partial charge in [0, 0.05) is 12.4 Å². The summed E-state index contributed by atoms with van der Waals surface area (Å²) in [6.07, 6.45) is 2.97. The van der Waals surface area contributed by atoms with Gasteiger partial charge < -0.3 is 19.7 Å². The first-order valence-corrected chi connectivity index (χ1v) is 5.15. The molecule has 2 heterocycles. The number of hydrogen-bond donors (Lipinski definition) is 2. The average Bonchev–Trinajstić information content (AvgIpc) is 2.23. The summed E-state index contributed by atoms with van der Waals surface area (Å²) >= 11 is 0. The summed E-state index contributed by atoms with van der Waals surface area (Å²) in [6.45, 7) is 2.40. The maximum Gasteiger partial charge on any atom is 0.329 e. The number of carboxylic acid groups (broad SMARTS) is 1. The Morgan fingerprint density at radius 2 is 2.41 bits per heavy atom. The van der Waals surface area contributed by atoms with Crippen LogP contribution in [0.25, 0.3) is 0 Å². The Labute approximate surface area is 97.0 Å². The fraction of sp³-hybridized carbons (Fsp3) is 0.500. The van der Waals surface area contributed by atoms with Crippen LogP contribution in [0.15, 0.2) is 17.2 Å². The standard InChI is InChI=1S/C10H13N3O4/c1-10(17-4-7(14)15)5-13(6-10)8-9(16)12-3-2-11-8/h2-3H,4-6H2,1H3,(H,12,16)(H,14,15). The number of carbonyl (C=O) groups is 1. The largest absolute Gasteiger partial charge is 0.480 e. The van der Waals surface area contributed by atoms with Crippen LogP contribution in [-0.2, 0) is 9.53 Å². The molecule has 1 fully saturated rings. The molecule has 0 atom stereocenters. The molecule has 0 amide bonds. The Balaban J connectivity index is 1.96. The van der Waals surface area contributed by atoms with Gasteiger partial charge in [-0.1, -0.05) is 0 Å². The Kier molecular flexibility index (Phi) is 2.84. The van der Waals surface area contributed by atoms with Crippen LogP contribution in [0, 0.1) is 0 Å². The molecule has 1 saturated heterocycles. The number of carboxylic acids is 1. The molecule has 1 aliphatic rings. The molecule has 0 aromatic carbocycles. The van der Waals surface area contributed by atoms with E-state index in [4.69, 9.17) is 9.84 Å². The maximum absolute atomic E-state index is 11.4. The number of nitrogens with zero attached hydrogens (tertiary/aromatic N) is 2. The van der Waals surface area contributed by atoms with E-state index < -0.39 is 11.6 Å². The van der Waals surface area contributed by atoms with E-state index in [0.717, 1.165) is 0 Å². The molecule has 0 aliphatic carbocycles. The van der Waals surface area contributed by atoms with Crippen molar-refractivity contribution < 1.29 is 14.6 Å². The van der Waals surface area contributed by atoms with Crippen LogP contribution in [0.4, 0.5) is 5.82 Å². The molecule has 0 unspecified atom stereocenters. The van der Waals surface area contributed by atoms with Crippen molar-refractivity contribution in [3.05, 3.63) is 22.7 Å². The zero-order valence-electron chi connectivity index (χ0n) is 9.34. The molecule has 0 bridgehead atoms. The highest BCUT2D eigenvalue weighted by molar-refractivity contribution is 5.68. The van der Waals surface area contributed by atoms with Crippen LogP contribution in [0.1, 0.15) is 6.92 Å². The van der Waals surface area contributed by atoms with Gasteiger partial charge in [0.05, 0.1) is 13.1 Å². The molecule has 1 aromatic heterocycles. The normalized spacial score (nSPS) is 17.6. The summed E-state index contributed by atoms with van der Waals surface area (Å²) < 4.78 is 5.24. The fourth-order valence-electron chi connectivity index (χ4n) is 1.81. The van der Waals surface area contributed by atoms with Gasteiger partial charge in [0.2, 0.25) is 0 Å². The predicted octanol–water partition coefficient (Wildman–Crippen LogP) is -0.550. The molecule has 0 saturated carbocycles. The molecular formula is C10H13N3O4. The van der Waals surface area contributed by atoms with Gasteiger partial charge in [-0.25, -0.2) is 9.78 Å². The smallest absolute Gasteiger partial charge is 0.329 e. The summed E-state index contributed by atoms with van der Waals surface area (Å²) in [7, 11) is 0. The molecule has 0 radical (unpaired) electrons. The van der Waals surface area contributed by atoms with E-state index in [0.29, 0.717) is 18.9 Å². The monoisotopic (exact) mass is 239 g/mol. The first-order valence-electron chi connectivity index (χ1n) is 5.15. The summed E-state index contributed by atoms with van der Waals surface area (Å²) in [5, 5.41) is 8.52. The van der Waals surface area contributed by atoms with Crippen LogP contribution in [0.3, 0.4) is 0 Å². The Morgan fingerprint density at radius 3 is 3.00 bits per heavy atom. The van der Waals surface area contributed by atoms with Gasteiger partial charge in [-0.2, -0.15) is 0 Å². The van der Waals surface area contributed by atoms with Crippen molar-refractivity contribution in [2.24, 2.45) is 0 Å². The van der Waals surface area contributed by atoms with E-state index in [9.17, 15) is 9.59 Å². The number of aromatic amines is 1. The topological polar surface area (TPSA) is 95.5 Å². The van der Waals surface area contributed by atoms with Crippen molar-refractivity contribution in [1.82, 2.24) is 9.97 Å². The molecule has 0 spiro atoms. The van der Waals surface area contributed by atoms with Crippen LogP contribution < -0.4 is 10.5 Å². The second-order valence-corrected chi connectivity index (χ2v) is 4.23. The van der Waals surface area contributed by atoms with Gasteiger partial charge >= 0.3 is 5.97 Å². The molecule has 2 N–H and O–H groups in total. The van der Waals surface area contributed by atoms with Crippen molar-refractivity contribution in [3.8, 4) is 0 Å². The average molecular weight is 239 g/mol. The minimum Gasteiger partial charge on any atom is -0.480 e. The van der Waals surface area contributed by atoms with Crippen molar-refractivity contribution in [2.75, 3.05) is 24.6 Å². The van der Waals surface area contributed by atoms with E-state index >= 15 is 0 Å². The maximum atomic E-state index is 11.4. The van der Waals surface area contributed by atoms with Crippen LogP contribution in [-0.4, -0.2) is 46.3 Å². The zero-order valence-corrected chi connectivity index (χ0v) is 9.34. The summed E-state index contributed by atoms with van der Waals surface area (Å²) in [5.74, 6) is -0.663. The third-order valence-electron chi connectivity index (χ3n) is 2.58. The highest BCUT2D eigenvalue weighted by atomic mass is 16.5. The number of H-pyrrole nitrogens is 1. The summed E-state index contributed by atoms with van der Waals surface area (Å²) in [5.41, 5.74) is -0.782. The number of anilines is 1. The molecule has 1 aromatic rings. The van der Waals surface area contributed by atoms with Crippen molar-refractivity contribution >= 4 is 11.8 Å². The third kappa shape index (κ3) is 2.44. The van der Waals surface area contributed by atoms with Gasteiger partial charge in [-0.15, -0.1) is 0 Å². The SMILES string of the molecule is CC1(OCC(=O)O)CN(c2ncc[nH]c2=O)C1. The number of aliphatic carboxylic acids is 1. The van der Waals surface area contributed by atoms with E-state index in [1.54, 1.807) is 4.90 Å². The van der Waals surface area contributed by atoms with Gasteiger partial charge in [0.25, 0.3) is 5.56 Å². The van der Waals surface area contributed by atoms with E-state index in [-0.39, 0.29) is 12.2 Å². The predicted molar refractivity (Wildman–Crippen MR) is 59.1 cm³/mol. The second-order valence-electron chi connectivity index (χ2n) is 4.23. The Bertz CT molecular complexity index is 478. The quantitative estimate of drug-likeness (QED) is 0.732. The third-order valence-corrected chi connectivity index (χ3v) is 2.58. The molecule has 7 nitrogen and oxygen atoms in total. The summed E-state index contributed by atoms with van der Waals surface area (Å²) in [4.78, 5) is 30.1. The lowest BCUT2D eigenvalue weighted by Gasteiger charge is -2.47. The molecule has 7 heteroatoms. The van der Waals surface area contributed by atoms with Crippen LogP contribution in [0.5, 0.6) is 0 Å². The van der Waals surface area contributed by atoms with Gasteiger partial charge in [-0.05, 0) is 6.92 Å². The number of aromatic nitrogens is 2. The van der Waals surface area contributed by atoms with Gasteiger partial charge in [-0.3, -0.25) is 4.79 Å². The lowest BCUT2D eigenvalue weighted by atomic mass is 9.96. The van der Waals surface area contributed by atoms with E-state index in [1.807, 2.05) is 6.92 Å². The Morgan fingerprint density at radius 1 is 1.71 bits per heavy atom. The van der Waals surface area contributed by atoms with Crippen LogP contribution >= 0.6 is 0 Å². The first kappa shape index (κ1) is 11.6. The van der Waals surface area contributed by atoms with Crippen molar-refractivity contribution in [3.63, 3.8) is 0 Å². The number of rotatable bonds is 4. The second kappa shape index (κ2) is 4.17. The molecule has 17 heavy (non-hydrogen) atoms. The minimum absolute atomic E-state index is 0.257. The molecule has 92 valence electrons. The number of nitrogens with one attached hydrogen (secondary N) is 1. The van der Waals surface area contributed by atoms with Gasteiger partial charge in [0.1, 0.15) is 12.2 Å². The van der Waals surface area contributed by atoms with E-state index in [1.165, 1.54) is 12.4 Å². The molecule has 1 aliphatic heterocycles. The van der Waals surface area contributed by atoms with E-state index in [2.05, 4.69) is 9.97 Å². The Hall–Kier alpha value is -1.89. The lowest BCUT2D eigenvalue weighted by Crippen LogP contribution is -2.63. The highest BCUT2D eigenvalue weighted by Gasteiger charge is 2.41. The molecule has 2 rings (SSSR count). The van der Waals surface area contributed by atoms with Crippen molar-refractivity contribution in [1.29, 1.82) is 0 Å². The summed E-state index contributed by atoms with van der Waals surface area (Å²) in [6, 6.07) is 0. The fourth-order valence-corrected chi connectivity index (χ4v) is 1.81. The number of ether oxygens (including phenoxy) is 1. The minimum atomic E-state index is -1.000. The lowest BCUT2D eigenvalue weighted by molar-refractivity contribution is -0.150. The highest BCUT2D eigenvalue weighted by Crippen LogP contribution is 2.26. The molecular weight excluding hydrogens is 226 g/mol. The first-order chi connectivity index (χ1) is 8.00. The van der Waals surface area contributed by atoms with Gasteiger partial charge in [0.15, 0.2) is 5.82 Å².